The van der Waals surface area contributed by atoms with Gasteiger partial charge in [-0.2, -0.15) is 12.6 Å². The summed E-state index contributed by atoms with van der Waals surface area (Å²) in [5.74, 6) is 0.949. The Balaban J connectivity index is 3.02. The van der Waals surface area contributed by atoms with Gasteiger partial charge in [0, 0.05) is 6.54 Å². The molecule has 0 rings (SSSR count). The zero-order valence-electron chi connectivity index (χ0n) is 7.43. The van der Waals surface area contributed by atoms with E-state index < -0.39 is 5.60 Å². The molecule has 0 radical (unpaired) electrons. The summed E-state index contributed by atoms with van der Waals surface area (Å²) >= 11 is 4.10. The summed E-state index contributed by atoms with van der Waals surface area (Å²) in [6.45, 7) is 5.25. The Morgan fingerprint density at radius 3 is 2.45 bits per heavy atom. The lowest BCUT2D eigenvalue weighted by molar-refractivity contribution is 0.0799. The number of hydrogen-bond donors (Lipinski definition) is 3. The Bertz CT molecular complexity index is 90.6. The summed E-state index contributed by atoms with van der Waals surface area (Å²) in [7, 11) is 0. The van der Waals surface area contributed by atoms with Crippen molar-refractivity contribution in [2.24, 2.45) is 0 Å². The van der Waals surface area contributed by atoms with Gasteiger partial charge in [-0.3, -0.25) is 0 Å². The number of rotatable bonds is 6. The van der Waals surface area contributed by atoms with E-state index in [-0.39, 0.29) is 0 Å². The van der Waals surface area contributed by atoms with Gasteiger partial charge >= 0.3 is 0 Å². The van der Waals surface area contributed by atoms with Crippen molar-refractivity contribution in [3.05, 3.63) is 0 Å². The molecule has 0 unspecified atom stereocenters. The van der Waals surface area contributed by atoms with Crippen LogP contribution in [0, 0.1) is 0 Å². The summed E-state index contributed by atoms with van der Waals surface area (Å²) in [6, 6.07) is 0. The van der Waals surface area contributed by atoms with Gasteiger partial charge in [-0.1, -0.05) is 0 Å². The van der Waals surface area contributed by atoms with Gasteiger partial charge in [0.2, 0.25) is 0 Å². The Labute approximate surface area is 74.8 Å². The summed E-state index contributed by atoms with van der Waals surface area (Å²) < 4.78 is 0. The van der Waals surface area contributed by atoms with Crippen LogP contribution in [0.3, 0.4) is 0 Å². The van der Waals surface area contributed by atoms with E-state index in [1.165, 1.54) is 0 Å². The highest BCUT2D eigenvalue weighted by Crippen LogP contribution is 1.97. The smallest absolute Gasteiger partial charge is 0.0715 e. The lowest BCUT2D eigenvalue weighted by Gasteiger charge is -2.17. The van der Waals surface area contributed by atoms with Gasteiger partial charge in [0.25, 0.3) is 0 Å². The summed E-state index contributed by atoms with van der Waals surface area (Å²) in [5, 5.41) is 12.5. The van der Waals surface area contributed by atoms with Crippen molar-refractivity contribution in [1.29, 1.82) is 0 Å². The maximum absolute atomic E-state index is 9.30. The van der Waals surface area contributed by atoms with Crippen LogP contribution in [-0.2, 0) is 0 Å². The predicted octanol–water partition coefficient (Wildman–Crippen LogP) is 1.06. The van der Waals surface area contributed by atoms with Gasteiger partial charge in [0.1, 0.15) is 0 Å². The Morgan fingerprint density at radius 1 is 1.36 bits per heavy atom. The third-order valence-electron chi connectivity index (χ3n) is 1.32. The van der Waals surface area contributed by atoms with E-state index in [1.54, 1.807) is 13.8 Å². The van der Waals surface area contributed by atoms with Crippen molar-refractivity contribution < 1.29 is 5.11 Å². The molecule has 0 saturated carbocycles. The monoisotopic (exact) mass is 177 g/mol. The second-order valence-electron chi connectivity index (χ2n) is 3.42. The Hall–Kier alpha value is 0.270. The summed E-state index contributed by atoms with van der Waals surface area (Å²) in [4.78, 5) is 0. The van der Waals surface area contributed by atoms with Crippen LogP contribution in [0.15, 0.2) is 0 Å². The molecular weight excluding hydrogens is 158 g/mol. The lowest BCUT2D eigenvalue weighted by Crippen LogP contribution is -2.35. The SMILES string of the molecule is CC(C)(O)CNCCCCS. The first-order valence-corrected chi connectivity index (χ1v) is 4.73. The van der Waals surface area contributed by atoms with Crippen LogP contribution < -0.4 is 5.32 Å². The van der Waals surface area contributed by atoms with E-state index in [1.807, 2.05) is 0 Å². The molecule has 2 N–H and O–H groups in total. The van der Waals surface area contributed by atoms with Crippen molar-refractivity contribution in [2.75, 3.05) is 18.8 Å². The van der Waals surface area contributed by atoms with Crippen LogP contribution in [0.1, 0.15) is 26.7 Å². The molecule has 0 aliphatic carbocycles. The van der Waals surface area contributed by atoms with Gasteiger partial charge in [-0.05, 0) is 39.0 Å². The van der Waals surface area contributed by atoms with Crippen LogP contribution >= 0.6 is 12.6 Å². The molecule has 0 aromatic carbocycles. The maximum Gasteiger partial charge on any atom is 0.0715 e. The molecule has 0 spiro atoms. The molecule has 0 heterocycles. The first-order chi connectivity index (χ1) is 5.06. The molecule has 68 valence electrons. The fourth-order valence-corrected chi connectivity index (χ4v) is 0.980. The van der Waals surface area contributed by atoms with E-state index in [0.29, 0.717) is 6.54 Å². The minimum atomic E-state index is -0.582. The average Bonchev–Trinajstić information content (AvgIpc) is 1.85. The minimum absolute atomic E-state index is 0.582. The molecule has 3 heteroatoms. The highest BCUT2D eigenvalue weighted by molar-refractivity contribution is 7.80. The third kappa shape index (κ3) is 10.3. The average molecular weight is 177 g/mol. The molecular formula is C8H19NOS. The Morgan fingerprint density at radius 2 is 2.00 bits per heavy atom. The maximum atomic E-state index is 9.30. The number of nitrogens with one attached hydrogen (secondary N) is 1. The molecule has 0 bridgehead atoms. The van der Waals surface area contributed by atoms with Crippen molar-refractivity contribution in [3.63, 3.8) is 0 Å². The first-order valence-electron chi connectivity index (χ1n) is 4.10. The van der Waals surface area contributed by atoms with Crippen molar-refractivity contribution in [1.82, 2.24) is 5.32 Å². The van der Waals surface area contributed by atoms with Gasteiger partial charge in [0.15, 0.2) is 0 Å². The normalized spacial score (nSPS) is 12.0. The lowest BCUT2D eigenvalue weighted by atomic mass is 10.1. The van der Waals surface area contributed by atoms with E-state index in [0.717, 1.165) is 25.1 Å². The zero-order chi connectivity index (χ0) is 8.74. The third-order valence-corrected chi connectivity index (χ3v) is 1.64. The number of thiol groups is 1. The van der Waals surface area contributed by atoms with E-state index in [9.17, 15) is 5.11 Å². The standard InChI is InChI=1S/C8H19NOS/c1-8(2,10)7-9-5-3-4-6-11/h9-11H,3-7H2,1-2H3. The first kappa shape index (κ1) is 11.3. The molecule has 0 aliphatic heterocycles. The molecule has 0 saturated heterocycles. The van der Waals surface area contributed by atoms with Gasteiger partial charge < -0.3 is 10.4 Å². The largest absolute Gasteiger partial charge is 0.389 e. The quantitative estimate of drug-likeness (QED) is 0.419. The molecule has 0 aromatic rings. The van der Waals surface area contributed by atoms with Gasteiger partial charge in [0.05, 0.1) is 5.60 Å². The van der Waals surface area contributed by atoms with Crippen molar-refractivity contribution in [3.8, 4) is 0 Å². The van der Waals surface area contributed by atoms with E-state index >= 15 is 0 Å². The second-order valence-corrected chi connectivity index (χ2v) is 3.87. The topological polar surface area (TPSA) is 32.3 Å². The fraction of sp³-hybridized carbons (Fsp3) is 1.00. The number of aliphatic hydroxyl groups is 1. The molecule has 0 aromatic heterocycles. The molecule has 0 amide bonds. The van der Waals surface area contributed by atoms with Crippen LogP contribution in [-0.4, -0.2) is 29.5 Å². The molecule has 0 atom stereocenters. The zero-order valence-corrected chi connectivity index (χ0v) is 8.32. The van der Waals surface area contributed by atoms with E-state index in [4.69, 9.17) is 0 Å². The van der Waals surface area contributed by atoms with Gasteiger partial charge in [-0.25, -0.2) is 0 Å². The molecule has 11 heavy (non-hydrogen) atoms. The second kappa shape index (κ2) is 5.86. The molecule has 0 fully saturated rings. The van der Waals surface area contributed by atoms with Gasteiger partial charge in [-0.15, -0.1) is 0 Å². The van der Waals surface area contributed by atoms with Crippen LogP contribution in [0.25, 0.3) is 0 Å². The highest BCUT2D eigenvalue weighted by Gasteiger charge is 2.10. The molecule has 2 nitrogen and oxygen atoms in total. The van der Waals surface area contributed by atoms with Crippen molar-refractivity contribution in [2.45, 2.75) is 32.3 Å². The van der Waals surface area contributed by atoms with Crippen LogP contribution in [0.5, 0.6) is 0 Å². The summed E-state index contributed by atoms with van der Waals surface area (Å²) in [5.41, 5.74) is -0.582. The van der Waals surface area contributed by atoms with Crippen LogP contribution in [0.2, 0.25) is 0 Å². The fourth-order valence-electron chi connectivity index (χ4n) is 0.756. The highest BCUT2D eigenvalue weighted by atomic mass is 32.1. The van der Waals surface area contributed by atoms with Crippen molar-refractivity contribution >= 4 is 12.6 Å². The predicted molar refractivity (Wildman–Crippen MR) is 52.3 cm³/mol. The van der Waals surface area contributed by atoms with E-state index in [2.05, 4.69) is 17.9 Å². The molecule has 0 aliphatic rings. The minimum Gasteiger partial charge on any atom is -0.389 e. The number of hydrogen-bond acceptors (Lipinski definition) is 3. The van der Waals surface area contributed by atoms with Crippen LogP contribution in [0.4, 0.5) is 0 Å². The number of unbranched alkanes of at least 4 members (excludes halogenated alkanes) is 1. The Kier molecular flexibility index (Phi) is 6.01. The summed E-state index contributed by atoms with van der Waals surface area (Å²) in [6.07, 6.45) is 2.28.